The molecule has 0 heterocycles. The molecular formula is C12H22O. The summed E-state index contributed by atoms with van der Waals surface area (Å²) >= 11 is 0. The molecule has 0 bridgehead atoms. The van der Waals surface area contributed by atoms with Gasteiger partial charge < -0.3 is 0 Å². The quantitative estimate of drug-likeness (QED) is 0.574. The molecule has 1 heteroatoms. The number of hydrogen-bond donors (Lipinski definition) is 0. The van der Waals surface area contributed by atoms with Gasteiger partial charge in [0.05, 0.1) is 0 Å². The van der Waals surface area contributed by atoms with Crippen molar-refractivity contribution >= 4 is 5.78 Å². The van der Waals surface area contributed by atoms with Crippen LogP contribution in [-0.2, 0) is 4.79 Å². The van der Waals surface area contributed by atoms with Gasteiger partial charge in [-0.1, -0.05) is 33.3 Å². The van der Waals surface area contributed by atoms with E-state index in [1.54, 1.807) is 6.92 Å². The molecule has 0 saturated carbocycles. The van der Waals surface area contributed by atoms with E-state index in [1.807, 2.05) is 6.08 Å². The van der Waals surface area contributed by atoms with Crippen LogP contribution in [0.3, 0.4) is 0 Å². The van der Waals surface area contributed by atoms with Crippen molar-refractivity contribution in [3.05, 3.63) is 12.7 Å². The van der Waals surface area contributed by atoms with Crippen molar-refractivity contribution in [2.45, 2.75) is 47.0 Å². The number of allylic oxidation sites excluding steroid dienone is 1. The highest BCUT2D eigenvalue weighted by Gasteiger charge is 2.23. The Morgan fingerprint density at radius 1 is 1.54 bits per heavy atom. The fraction of sp³-hybridized carbons (Fsp3) is 0.750. The number of hydrogen-bond acceptors (Lipinski definition) is 1. The van der Waals surface area contributed by atoms with Crippen molar-refractivity contribution in [1.29, 1.82) is 0 Å². The summed E-state index contributed by atoms with van der Waals surface area (Å²) in [7, 11) is 0. The van der Waals surface area contributed by atoms with Crippen molar-refractivity contribution in [2.24, 2.45) is 11.3 Å². The van der Waals surface area contributed by atoms with E-state index < -0.39 is 0 Å². The number of ketones is 1. The smallest absolute Gasteiger partial charge is 0.133 e. The maximum absolute atomic E-state index is 11.3. The SMILES string of the molecule is C=CCC(CC(C)(C)CC)C(C)=O. The van der Waals surface area contributed by atoms with Gasteiger partial charge in [0.2, 0.25) is 0 Å². The van der Waals surface area contributed by atoms with Crippen LogP contribution in [0, 0.1) is 11.3 Å². The van der Waals surface area contributed by atoms with Crippen LogP contribution in [0.15, 0.2) is 12.7 Å². The highest BCUT2D eigenvalue weighted by molar-refractivity contribution is 5.78. The van der Waals surface area contributed by atoms with Crippen LogP contribution in [0.5, 0.6) is 0 Å². The van der Waals surface area contributed by atoms with Gasteiger partial charge in [-0.25, -0.2) is 0 Å². The lowest BCUT2D eigenvalue weighted by atomic mass is 9.78. The maximum Gasteiger partial charge on any atom is 0.133 e. The zero-order valence-electron chi connectivity index (χ0n) is 9.39. The summed E-state index contributed by atoms with van der Waals surface area (Å²) in [4.78, 5) is 11.3. The molecule has 0 aliphatic rings. The van der Waals surface area contributed by atoms with Crippen molar-refractivity contribution in [3.63, 3.8) is 0 Å². The molecule has 0 aliphatic heterocycles. The zero-order chi connectivity index (χ0) is 10.5. The van der Waals surface area contributed by atoms with Gasteiger partial charge in [0.1, 0.15) is 5.78 Å². The largest absolute Gasteiger partial charge is 0.300 e. The molecule has 0 N–H and O–H groups in total. The number of carbonyl (C=O) groups excluding carboxylic acids is 1. The van der Waals surface area contributed by atoms with E-state index >= 15 is 0 Å². The molecule has 0 saturated heterocycles. The molecule has 1 unspecified atom stereocenters. The van der Waals surface area contributed by atoms with E-state index in [2.05, 4.69) is 27.4 Å². The molecule has 0 spiro atoms. The Morgan fingerprint density at radius 3 is 2.38 bits per heavy atom. The van der Waals surface area contributed by atoms with Gasteiger partial charge in [0.15, 0.2) is 0 Å². The molecule has 0 aromatic carbocycles. The molecule has 0 radical (unpaired) electrons. The Kier molecular flexibility index (Phi) is 4.97. The first kappa shape index (κ1) is 12.4. The lowest BCUT2D eigenvalue weighted by Crippen LogP contribution is -2.20. The van der Waals surface area contributed by atoms with E-state index in [4.69, 9.17) is 0 Å². The van der Waals surface area contributed by atoms with E-state index in [0.29, 0.717) is 5.78 Å². The van der Waals surface area contributed by atoms with Crippen LogP contribution in [0.25, 0.3) is 0 Å². The van der Waals surface area contributed by atoms with Crippen LogP contribution in [0.1, 0.15) is 47.0 Å². The van der Waals surface area contributed by atoms with E-state index in [-0.39, 0.29) is 11.3 Å². The molecular weight excluding hydrogens is 160 g/mol. The Labute approximate surface area is 82.2 Å². The first-order chi connectivity index (χ1) is 5.93. The normalized spacial score (nSPS) is 13.8. The van der Waals surface area contributed by atoms with Crippen molar-refractivity contribution in [3.8, 4) is 0 Å². The highest BCUT2D eigenvalue weighted by atomic mass is 16.1. The minimum absolute atomic E-state index is 0.174. The van der Waals surface area contributed by atoms with Gasteiger partial charge in [-0.2, -0.15) is 0 Å². The fourth-order valence-corrected chi connectivity index (χ4v) is 1.41. The summed E-state index contributed by atoms with van der Waals surface area (Å²) in [5, 5.41) is 0. The van der Waals surface area contributed by atoms with Crippen molar-refractivity contribution < 1.29 is 4.79 Å². The molecule has 0 amide bonds. The summed E-state index contributed by atoms with van der Waals surface area (Å²) in [6.07, 6.45) is 4.76. The summed E-state index contributed by atoms with van der Waals surface area (Å²) in [5.74, 6) is 0.467. The molecule has 0 fully saturated rings. The lowest BCUT2D eigenvalue weighted by molar-refractivity contribution is -0.121. The summed E-state index contributed by atoms with van der Waals surface area (Å²) < 4.78 is 0. The van der Waals surface area contributed by atoms with Gasteiger partial charge in [0, 0.05) is 5.92 Å². The number of rotatable bonds is 6. The van der Waals surface area contributed by atoms with Crippen LogP contribution in [0.2, 0.25) is 0 Å². The molecule has 1 nitrogen and oxygen atoms in total. The summed E-state index contributed by atoms with van der Waals surface area (Å²) in [5.41, 5.74) is 0.277. The van der Waals surface area contributed by atoms with Gasteiger partial charge in [-0.3, -0.25) is 4.79 Å². The third-order valence-corrected chi connectivity index (χ3v) is 2.78. The highest BCUT2D eigenvalue weighted by Crippen LogP contribution is 2.30. The van der Waals surface area contributed by atoms with Gasteiger partial charge in [0.25, 0.3) is 0 Å². The predicted molar refractivity (Wildman–Crippen MR) is 57.7 cm³/mol. The number of Topliss-reactive ketones (excluding diaryl/α,β-unsaturated/α-hetero) is 1. The second kappa shape index (κ2) is 5.21. The van der Waals surface area contributed by atoms with Gasteiger partial charge >= 0.3 is 0 Å². The van der Waals surface area contributed by atoms with E-state index in [0.717, 1.165) is 19.3 Å². The lowest BCUT2D eigenvalue weighted by Gasteiger charge is -2.26. The van der Waals surface area contributed by atoms with Crippen LogP contribution < -0.4 is 0 Å². The topological polar surface area (TPSA) is 17.1 Å². The van der Waals surface area contributed by atoms with Crippen LogP contribution >= 0.6 is 0 Å². The third-order valence-electron chi connectivity index (χ3n) is 2.78. The molecule has 0 rings (SSSR count). The second-order valence-corrected chi connectivity index (χ2v) is 4.55. The predicted octanol–water partition coefficient (Wildman–Crippen LogP) is 3.59. The second-order valence-electron chi connectivity index (χ2n) is 4.55. The fourth-order valence-electron chi connectivity index (χ4n) is 1.41. The number of carbonyl (C=O) groups is 1. The Bertz CT molecular complexity index is 180. The average molecular weight is 182 g/mol. The van der Waals surface area contributed by atoms with Crippen molar-refractivity contribution in [1.82, 2.24) is 0 Å². The van der Waals surface area contributed by atoms with E-state index in [1.165, 1.54) is 0 Å². The first-order valence-electron chi connectivity index (χ1n) is 5.04. The molecule has 1 atom stereocenters. The standard InChI is InChI=1S/C12H22O/c1-6-8-11(10(3)13)9-12(4,5)7-2/h6,11H,1,7-9H2,2-5H3. The third kappa shape index (κ3) is 4.87. The van der Waals surface area contributed by atoms with Gasteiger partial charge in [-0.05, 0) is 25.2 Å². The summed E-state index contributed by atoms with van der Waals surface area (Å²) in [6.45, 7) is 12.0. The maximum atomic E-state index is 11.3. The van der Waals surface area contributed by atoms with Gasteiger partial charge in [-0.15, -0.1) is 6.58 Å². The Hall–Kier alpha value is -0.590. The zero-order valence-corrected chi connectivity index (χ0v) is 9.39. The first-order valence-corrected chi connectivity index (χ1v) is 5.04. The van der Waals surface area contributed by atoms with Crippen LogP contribution in [0.4, 0.5) is 0 Å². The van der Waals surface area contributed by atoms with Crippen molar-refractivity contribution in [2.75, 3.05) is 0 Å². The van der Waals surface area contributed by atoms with E-state index in [9.17, 15) is 4.79 Å². The monoisotopic (exact) mass is 182 g/mol. The molecule has 0 aromatic rings. The molecule has 0 aromatic heterocycles. The van der Waals surface area contributed by atoms with Crippen LogP contribution in [-0.4, -0.2) is 5.78 Å². The minimum atomic E-state index is 0.174. The summed E-state index contributed by atoms with van der Waals surface area (Å²) in [6, 6.07) is 0. The molecule has 13 heavy (non-hydrogen) atoms. The molecule has 76 valence electrons. The Morgan fingerprint density at radius 2 is 2.08 bits per heavy atom. The molecule has 0 aliphatic carbocycles. The minimum Gasteiger partial charge on any atom is -0.300 e. The Balaban J connectivity index is 4.24. The average Bonchev–Trinajstić information content (AvgIpc) is 2.03.